The van der Waals surface area contributed by atoms with E-state index in [1.807, 2.05) is 5.09 Å². The zero-order valence-corrected chi connectivity index (χ0v) is 15.1. The summed E-state index contributed by atoms with van der Waals surface area (Å²) in [4.78, 5) is 19.8. The molecular weight excluding hydrogens is 251 g/mol. The molecule has 0 heterocycles. The van der Waals surface area contributed by atoms with Crippen molar-refractivity contribution >= 4 is 72.8 Å². The summed E-state index contributed by atoms with van der Waals surface area (Å²) < 4.78 is 16.3. The SMILES string of the molecule is CC(=O)NP(=O)(O)OC1CCCCC1.[Na].[Na]. The molecule has 2 radical (unpaired) electrons. The van der Waals surface area contributed by atoms with Crippen molar-refractivity contribution in [2.75, 3.05) is 0 Å². The Hall–Kier alpha value is 1.62. The van der Waals surface area contributed by atoms with E-state index in [2.05, 4.69) is 0 Å². The smallest absolute Gasteiger partial charge is 0.308 e. The van der Waals surface area contributed by atoms with Gasteiger partial charge in [0.05, 0.1) is 6.10 Å². The van der Waals surface area contributed by atoms with Gasteiger partial charge in [-0.1, -0.05) is 19.3 Å². The van der Waals surface area contributed by atoms with Gasteiger partial charge in [-0.05, 0) is 12.8 Å². The summed E-state index contributed by atoms with van der Waals surface area (Å²) in [7, 11) is -3.92. The summed E-state index contributed by atoms with van der Waals surface area (Å²) in [5.41, 5.74) is 0. The predicted octanol–water partition coefficient (Wildman–Crippen LogP) is 0.811. The summed E-state index contributed by atoms with van der Waals surface area (Å²) in [5, 5.41) is 1.92. The molecule has 1 rings (SSSR count). The molecule has 1 atom stereocenters. The molecule has 0 aliphatic heterocycles. The molecule has 8 heteroatoms. The molecule has 0 aromatic heterocycles. The quantitative estimate of drug-likeness (QED) is 0.586. The first-order chi connectivity index (χ1) is 6.49. The summed E-state index contributed by atoms with van der Waals surface area (Å²) in [6, 6.07) is 0. The molecule has 0 saturated heterocycles. The van der Waals surface area contributed by atoms with Crippen LogP contribution in [0, 0.1) is 0 Å². The van der Waals surface area contributed by atoms with E-state index in [0.717, 1.165) is 32.1 Å². The molecular formula is C8H16NNa2O4P. The third-order valence-corrected chi connectivity index (χ3v) is 3.32. The predicted molar refractivity (Wildman–Crippen MR) is 63.1 cm³/mol. The maximum absolute atomic E-state index is 11.3. The summed E-state index contributed by atoms with van der Waals surface area (Å²) in [6.45, 7) is 1.19. The van der Waals surface area contributed by atoms with Crippen molar-refractivity contribution in [3.63, 3.8) is 0 Å². The average molecular weight is 267 g/mol. The van der Waals surface area contributed by atoms with E-state index in [0.29, 0.717) is 0 Å². The fraction of sp³-hybridized carbons (Fsp3) is 0.875. The zero-order valence-electron chi connectivity index (χ0n) is 10.2. The van der Waals surface area contributed by atoms with Gasteiger partial charge in [-0.3, -0.25) is 14.4 Å². The molecule has 16 heavy (non-hydrogen) atoms. The molecule has 1 fully saturated rings. The number of amides is 1. The van der Waals surface area contributed by atoms with E-state index in [1.54, 1.807) is 0 Å². The third-order valence-electron chi connectivity index (χ3n) is 2.14. The van der Waals surface area contributed by atoms with Gasteiger partial charge in [0.25, 0.3) is 0 Å². The van der Waals surface area contributed by atoms with Gasteiger partial charge in [0.2, 0.25) is 5.91 Å². The summed E-state index contributed by atoms with van der Waals surface area (Å²) in [5.74, 6) is -0.549. The Labute approximate surface area is 140 Å². The molecule has 5 nitrogen and oxygen atoms in total. The molecule has 2 N–H and O–H groups in total. The van der Waals surface area contributed by atoms with Crippen LogP contribution in [0.15, 0.2) is 0 Å². The molecule has 0 aromatic carbocycles. The molecule has 0 bridgehead atoms. The van der Waals surface area contributed by atoms with Crippen LogP contribution in [0.1, 0.15) is 39.0 Å². The molecule has 0 spiro atoms. The van der Waals surface area contributed by atoms with Crippen molar-refractivity contribution in [2.45, 2.75) is 45.1 Å². The maximum Gasteiger partial charge on any atom is 0.432 e. The minimum atomic E-state index is -3.92. The van der Waals surface area contributed by atoms with Gasteiger partial charge in [0.1, 0.15) is 0 Å². The molecule has 0 aromatic rings. The van der Waals surface area contributed by atoms with E-state index in [-0.39, 0.29) is 65.2 Å². The molecule has 1 amide bonds. The number of hydrogen-bond acceptors (Lipinski definition) is 3. The molecule has 84 valence electrons. The number of nitrogens with one attached hydrogen (secondary N) is 1. The summed E-state index contributed by atoms with van der Waals surface area (Å²) >= 11 is 0. The van der Waals surface area contributed by atoms with Crippen molar-refractivity contribution in [1.29, 1.82) is 0 Å². The summed E-state index contributed by atoms with van der Waals surface area (Å²) in [6.07, 6.45) is 4.59. The van der Waals surface area contributed by atoms with Crippen LogP contribution in [0.2, 0.25) is 0 Å². The molecule has 1 unspecified atom stereocenters. The maximum atomic E-state index is 11.3. The van der Waals surface area contributed by atoms with Gasteiger partial charge in [0, 0.05) is 66.0 Å². The van der Waals surface area contributed by atoms with Gasteiger partial charge >= 0.3 is 7.75 Å². The zero-order chi connectivity index (χ0) is 10.6. The second-order valence-corrected chi connectivity index (χ2v) is 5.03. The van der Waals surface area contributed by atoms with Crippen LogP contribution in [-0.4, -0.2) is 76.0 Å². The Balaban J connectivity index is 0. The van der Waals surface area contributed by atoms with Crippen LogP contribution in [0.3, 0.4) is 0 Å². The minimum Gasteiger partial charge on any atom is -0.308 e. The first kappa shape index (κ1) is 19.9. The van der Waals surface area contributed by atoms with Gasteiger partial charge in [-0.25, -0.2) is 4.57 Å². The second kappa shape index (κ2) is 9.54. The second-order valence-electron chi connectivity index (χ2n) is 3.55. The van der Waals surface area contributed by atoms with Crippen LogP contribution in [0.5, 0.6) is 0 Å². The number of carbonyl (C=O) groups excluding carboxylic acids is 1. The van der Waals surface area contributed by atoms with E-state index in [9.17, 15) is 14.3 Å². The van der Waals surface area contributed by atoms with Crippen molar-refractivity contribution in [2.24, 2.45) is 0 Å². The van der Waals surface area contributed by atoms with Gasteiger partial charge < -0.3 is 4.89 Å². The average Bonchev–Trinajstić information content (AvgIpc) is 2.02. The van der Waals surface area contributed by atoms with Crippen molar-refractivity contribution in [3.05, 3.63) is 0 Å². The van der Waals surface area contributed by atoms with Crippen molar-refractivity contribution < 1.29 is 18.8 Å². The largest absolute Gasteiger partial charge is 0.432 e. The monoisotopic (exact) mass is 267 g/mol. The van der Waals surface area contributed by atoms with Crippen molar-refractivity contribution in [3.8, 4) is 0 Å². The fourth-order valence-electron chi connectivity index (χ4n) is 1.60. The molecule has 1 aliphatic carbocycles. The Morgan fingerprint density at radius 2 is 1.81 bits per heavy atom. The number of carbonyl (C=O) groups is 1. The van der Waals surface area contributed by atoms with E-state index in [1.165, 1.54) is 6.92 Å². The standard InChI is InChI=1S/C8H16NO4P.2Na/c1-7(10)9-14(11,12)13-8-5-3-2-4-6-8;;/h8H,2-6H2,1H3,(H2,9,10,11,12);;. The third kappa shape index (κ3) is 8.67. The molecule has 1 saturated carbocycles. The van der Waals surface area contributed by atoms with Gasteiger partial charge in [-0.15, -0.1) is 0 Å². The van der Waals surface area contributed by atoms with Crippen molar-refractivity contribution in [1.82, 2.24) is 5.09 Å². The first-order valence-electron chi connectivity index (χ1n) is 4.80. The first-order valence-corrected chi connectivity index (χ1v) is 6.37. The van der Waals surface area contributed by atoms with Gasteiger partial charge in [0.15, 0.2) is 0 Å². The van der Waals surface area contributed by atoms with Crippen LogP contribution < -0.4 is 5.09 Å². The Morgan fingerprint density at radius 1 is 1.31 bits per heavy atom. The van der Waals surface area contributed by atoms with E-state index >= 15 is 0 Å². The minimum absolute atomic E-state index is 0. The normalized spacial score (nSPS) is 19.9. The number of rotatable bonds is 3. The van der Waals surface area contributed by atoms with Gasteiger partial charge in [-0.2, -0.15) is 0 Å². The van der Waals surface area contributed by atoms with Crippen LogP contribution >= 0.6 is 7.75 Å². The molecule has 1 aliphatic rings. The Kier molecular flexibility index (Phi) is 11.9. The topological polar surface area (TPSA) is 75.6 Å². The van der Waals surface area contributed by atoms with Crippen LogP contribution in [-0.2, 0) is 13.9 Å². The Bertz CT molecular complexity index is 258. The van der Waals surface area contributed by atoms with Crippen LogP contribution in [0.4, 0.5) is 0 Å². The number of hydrogen-bond donors (Lipinski definition) is 2. The van der Waals surface area contributed by atoms with E-state index in [4.69, 9.17) is 4.52 Å². The van der Waals surface area contributed by atoms with Crippen LogP contribution in [0.25, 0.3) is 0 Å². The van der Waals surface area contributed by atoms with E-state index < -0.39 is 13.7 Å². The fourth-order valence-corrected chi connectivity index (χ4v) is 2.66. The Morgan fingerprint density at radius 3 is 2.25 bits per heavy atom.